The normalized spacial score (nSPS) is 11.5. The summed E-state index contributed by atoms with van der Waals surface area (Å²) in [6.45, 7) is 2.18. The number of unbranched alkanes of at least 4 members (excludes halogenated alkanes) is 1. The van der Waals surface area contributed by atoms with E-state index in [2.05, 4.69) is 13.0 Å². The molecule has 0 fully saturated rings. The molecule has 0 aromatic heterocycles. The van der Waals surface area contributed by atoms with E-state index in [9.17, 15) is 4.79 Å². The third-order valence-corrected chi connectivity index (χ3v) is 6.58. The summed E-state index contributed by atoms with van der Waals surface area (Å²) in [5.41, 5.74) is 2.09. The average molecular weight is 351 g/mol. The van der Waals surface area contributed by atoms with Crippen LogP contribution in [0.1, 0.15) is 19.8 Å². The van der Waals surface area contributed by atoms with Gasteiger partial charge in [0.05, 0.1) is 25.7 Å². The Bertz CT molecular complexity index is 1050. The standard InChI is InChI=1S/C20H17NOS2/c1-2-3-12-23-20-18(22)14-9-5-4-8-13(14)17-19(20)24-16-11-7-6-10-15(16)21-17/h4-11H,2-3,12H2,1H3. The lowest BCUT2D eigenvalue weighted by Crippen LogP contribution is -2.08. The van der Waals surface area contributed by atoms with Gasteiger partial charge in [0.2, 0.25) is 5.43 Å². The van der Waals surface area contributed by atoms with Crippen LogP contribution in [-0.4, -0.2) is 10.7 Å². The summed E-state index contributed by atoms with van der Waals surface area (Å²) in [6, 6.07) is 16.0. The topological polar surface area (TPSA) is 30.0 Å². The summed E-state index contributed by atoms with van der Waals surface area (Å²) in [6.07, 6.45) is 2.25. The number of hydrogen-bond acceptors (Lipinski definition) is 4. The SMILES string of the molecule is CCCCSc1c2sc3ccccc3nc-2c2ccccc2c1=O. The quantitative estimate of drug-likeness (QED) is 0.201. The molecule has 1 aliphatic carbocycles. The van der Waals surface area contributed by atoms with Crippen molar-refractivity contribution in [3.8, 4) is 10.6 Å². The first-order chi connectivity index (χ1) is 11.8. The molecule has 2 aromatic rings. The summed E-state index contributed by atoms with van der Waals surface area (Å²) in [7, 11) is 0. The summed E-state index contributed by atoms with van der Waals surface area (Å²) in [4.78, 5) is 19.8. The van der Waals surface area contributed by atoms with E-state index >= 15 is 0 Å². The molecule has 0 saturated carbocycles. The van der Waals surface area contributed by atoms with Crippen LogP contribution in [0.5, 0.6) is 0 Å². The Balaban J connectivity index is 2.08. The maximum Gasteiger partial charge on any atom is 0.201 e. The summed E-state index contributed by atoms with van der Waals surface area (Å²) < 4.78 is 1.12. The lowest BCUT2D eigenvalue weighted by Gasteiger charge is -2.14. The molecule has 120 valence electrons. The highest BCUT2D eigenvalue weighted by Crippen LogP contribution is 2.40. The van der Waals surface area contributed by atoms with E-state index in [1.165, 1.54) is 0 Å². The number of benzene rings is 3. The predicted octanol–water partition coefficient (Wildman–Crippen LogP) is 5.81. The highest BCUT2D eigenvalue weighted by Gasteiger charge is 2.20. The third-order valence-electron chi connectivity index (χ3n) is 4.11. The zero-order valence-corrected chi connectivity index (χ0v) is 15.0. The van der Waals surface area contributed by atoms with Crippen molar-refractivity contribution in [1.29, 1.82) is 0 Å². The number of thioether (sulfide) groups is 1. The molecule has 2 aliphatic rings. The molecule has 1 aliphatic heterocycles. The summed E-state index contributed by atoms with van der Waals surface area (Å²) in [5.74, 6) is 0.971. The molecule has 0 unspecified atom stereocenters. The van der Waals surface area contributed by atoms with Gasteiger partial charge in [0, 0.05) is 10.8 Å². The van der Waals surface area contributed by atoms with Gasteiger partial charge in [-0.25, -0.2) is 4.98 Å². The molecule has 0 bridgehead atoms. The summed E-state index contributed by atoms with van der Waals surface area (Å²) in [5, 5.41) is 1.73. The fraction of sp³-hybridized carbons (Fsp3) is 0.200. The van der Waals surface area contributed by atoms with E-state index in [1.54, 1.807) is 23.1 Å². The Labute approximate surface area is 148 Å². The van der Waals surface area contributed by atoms with Gasteiger partial charge < -0.3 is 0 Å². The second-order valence-corrected chi connectivity index (χ2v) is 7.92. The van der Waals surface area contributed by atoms with E-state index in [0.717, 1.165) is 55.1 Å². The third kappa shape index (κ3) is 2.60. The van der Waals surface area contributed by atoms with Gasteiger partial charge in [0.15, 0.2) is 0 Å². The van der Waals surface area contributed by atoms with Gasteiger partial charge in [-0.05, 0) is 24.3 Å². The molecule has 0 spiro atoms. The van der Waals surface area contributed by atoms with Crippen molar-refractivity contribution in [2.24, 2.45) is 0 Å². The second kappa shape index (κ2) is 6.54. The molecule has 24 heavy (non-hydrogen) atoms. The zero-order valence-electron chi connectivity index (χ0n) is 13.4. The molecule has 1 heterocycles. The number of nitrogens with zero attached hydrogens (tertiary/aromatic N) is 1. The highest BCUT2D eigenvalue weighted by molar-refractivity contribution is 7.99. The first-order valence-electron chi connectivity index (χ1n) is 8.16. The molecular weight excluding hydrogens is 334 g/mol. The zero-order chi connectivity index (χ0) is 16.5. The predicted molar refractivity (Wildman–Crippen MR) is 106 cm³/mol. The van der Waals surface area contributed by atoms with E-state index in [-0.39, 0.29) is 5.43 Å². The van der Waals surface area contributed by atoms with Crippen LogP contribution in [0.25, 0.3) is 31.6 Å². The van der Waals surface area contributed by atoms with Crippen LogP contribution in [0.2, 0.25) is 0 Å². The number of rotatable bonds is 4. The molecule has 2 nitrogen and oxygen atoms in total. The number of hydrogen-bond donors (Lipinski definition) is 0. The maximum atomic E-state index is 13.0. The van der Waals surface area contributed by atoms with Crippen molar-refractivity contribution in [2.45, 2.75) is 24.7 Å². The fourth-order valence-corrected chi connectivity index (χ4v) is 5.29. The van der Waals surface area contributed by atoms with Crippen LogP contribution in [0, 0.1) is 0 Å². The first-order valence-corrected chi connectivity index (χ1v) is 9.97. The molecule has 0 saturated heterocycles. The van der Waals surface area contributed by atoms with Crippen molar-refractivity contribution in [3.63, 3.8) is 0 Å². The molecule has 4 heteroatoms. The Hall–Kier alpha value is -1.91. The van der Waals surface area contributed by atoms with Crippen molar-refractivity contribution >= 4 is 44.1 Å². The van der Waals surface area contributed by atoms with Crippen LogP contribution in [0.3, 0.4) is 0 Å². The van der Waals surface area contributed by atoms with Crippen LogP contribution in [0.4, 0.5) is 0 Å². The van der Waals surface area contributed by atoms with Crippen LogP contribution >= 0.6 is 23.1 Å². The highest BCUT2D eigenvalue weighted by atomic mass is 32.2. The van der Waals surface area contributed by atoms with Crippen molar-refractivity contribution < 1.29 is 0 Å². The molecular formula is C20H17NOS2. The van der Waals surface area contributed by atoms with Crippen LogP contribution < -0.4 is 5.43 Å². The van der Waals surface area contributed by atoms with Gasteiger partial charge >= 0.3 is 0 Å². The smallest absolute Gasteiger partial charge is 0.201 e. The largest absolute Gasteiger partial charge is 0.288 e. The minimum Gasteiger partial charge on any atom is -0.288 e. The van der Waals surface area contributed by atoms with E-state index in [1.807, 2.05) is 42.5 Å². The monoisotopic (exact) mass is 351 g/mol. The number of para-hydroxylation sites is 1. The molecule has 2 aromatic carbocycles. The van der Waals surface area contributed by atoms with Gasteiger partial charge in [-0.15, -0.1) is 23.1 Å². The van der Waals surface area contributed by atoms with Crippen molar-refractivity contribution in [1.82, 2.24) is 4.98 Å². The molecule has 0 amide bonds. The lowest BCUT2D eigenvalue weighted by molar-refractivity contribution is 0.896. The van der Waals surface area contributed by atoms with Gasteiger partial charge in [-0.1, -0.05) is 49.7 Å². The minimum atomic E-state index is 0.146. The van der Waals surface area contributed by atoms with Crippen LogP contribution in [0.15, 0.2) is 58.2 Å². The van der Waals surface area contributed by atoms with Crippen molar-refractivity contribution in [3.05, 3.63) is 58.8 Å². The Morgan fingerprint density at radius 3 is 2.62 bits per heavy atom. The van der Waals surface area contributed by atoms with Gasteiger partial charge in [0.25, 0.3) is 0 Å². The molecule has 0 atom stereocenters. The van der Waals surface area contributed by atoms with Gasteiger partial charge in [-0.2, -0.15) is 0 Å². The number of fused-ring (bicyclic) bond motifs is 4. The fourth-order valence-electron chi connectivity index (χ4n) is 2.86. The van der Waals surface area contributed by atoms with E-state index in [0.29, 0.717) is 0 Å². The lowest BCUT2D eigenvalue weighted by atomic mass is 10.1. The molecule has 4 rings (SSSR count). The average Bonchev–Trinajstić information content (AvgIpc) is 2.63. The van der Waals surface area contributed by atoms with E-state index in [4.69, 9.17) is 4.98 Å². The minimum absolute atomic E-state index is 0.146. The van der Waals surface area contributed by atoms with Crippen molar-refractivity contribution in [2.75, 3.05) is 5.75 Å². The van der Waals surface area contributed by atoms with Gasteiger partial charge in [-0.3, -0.25) is 4.79 Å². The Kier molecular flexibility index (Phi) is 4.25. The first kappa shape index (κ1) is 15.6. The van der Waals surface area contributed by atoms with Gasteiger partial charge in [0.1, 0.15) is 0 Å². The van der Waals surface area contributed by atoms with E-state index < -0.39 is 0 Å². The molecule has 0 N–H and O–H groups in total. The summed E-state index contributed by atoms with van der Waals surface area (Å²) >= 11 is 3.36. The Morgan fingerprint density at radius 1 is 1.04 bits per heavy atom. The van der Waals surface area contributed by atoms with Crippen LogP contribution in [-0.2, 0) is 0 Å². The Morgan fingerprint density at radius 2 is 1.79 bits per heavy atom. The number of aromatic nitrogens is 1. The second-order valence-electron chi connectivity index (χ2n) is 5.77. The maximum absolute atomic E-state index is 13.0. The molecule has 0 radical (unpaired) electrons.